The molecular weight excluding hydrogens is 188 g/mol. The second-order valence-corrected chi connectivity index (χ2v) is 3.59. The molecule has 0 unspecified atom stereocenters. The lowest BCUT2D eigenvalue weighted by Crippen LogP contribution is -2.06. The Labute approximate surface area is 88.8 Å². The number of hydrogen-bond acceptors (Lipinski definition) is 3. The van der Waals surface area contributed by atoms with Crippen LogP contribution in [0.25, 0.3) is 5.69 Å². The summed E-state index contributed by atoms with van der Waals surface area (Å²) in [5.41, 5.74) is 9.17. The van der Waals surface area contributed by atoms with Crippen molar-refractivity contribution in [2.24, 2.45) is 5.73 Å². The maximum absolute atomic E-state index is 5.58. The van der Waals surface area contributed by atoms with E-state index in [0.29, 0.717) is 6.54 Å². The maximum Gasteiger partial charge on any atom is 0.151 e. The van der Waals surface area contributed by atoms with E-state index in [0.717, 1.165) is 11.5 Å². The lowest BCUT2D eigenvalue weighted by molar-refractivity contribution is 0.859. The summed E-state index contributed by atoms with van der Waals surface area (Å²) in [6.07, 6.45) is 1.69. The third kappa shape index (κ3) is 1.76. The Kier molecular flexibility index (Phi) is 2.51. The Balaban J connectivity index is 2.50. The van der Waals surface area contributed by atoms with Crippen LogP contribution in [0.4, 0.5) is 0 Å². The highest BCUT2D eigenvalue weighted by Crippen LogP contribution is 2.14. The van der Waals surface area contributed by atoms with Crippen molar-refractivity contribution in [1.82, 2.24) is 14.8 Å². The zero-order valence-corrected chi connectivity index (χ0v) is 8.94. The summed E-state index contributed by atoms with van der Waals surface area (Å²) in [4.78, 5) is 0. The first kappa shape index (κ1) is 9.86. The summed E-state index contributed by atoms with van der Waals surface area (Å²) < 4.78 is 1.91. The fraction of sp³-hybridized carbons (Fsp3) is 0.273. The largest absolute Gasteiger partial charge is 0.324 e. The van der Waals surface area contributed by atoms with Crippen molar-refractivity contribution in [2.45, 2.75) is 20.4 Å². The van der Waals surface area contributed by atoms with Crippen molar-refractivity contribution < 1.29 is 0 Å². The molecule has 0 bridgehead atoms. The molecular formula is C11H14N4. The van der Waals surface area contributed by atoms with Gasteiger partial charge in [-0.05, 0) is 37.1 Å². The Hall–Kier alpha value is -1.68. The van der Waals surface area contributed by atoms with Crippen LogP contribution < -0.4 is 5.73 Å². The van der Waals surface area contributed by atoms with Gasteiger partial charge in [-0.3, -0.25) is 4.57 Å². The summed E-state index contributed by atoms with van der Waals surface area (Å²) in [6.45, 7) is 4.58. The van der Waals surface area contributed by atoms with Gasteiger partial charge in [0.05, 0.1) is 6.54 Å². The minimum absolute atomic E-state index is 0.396. The van der Waals surface area contributed by atoms with Crippen LogP contribution >= 0.6 is 0 Å². The molecule has 0 aliphatic rings. The minimum atomic E-state index is 0.396. The van der Waals surface area contributed by atoms with Crippen molar-refractivity contribution in [3.05, 3.63) is 41.5 Å². The number of aromatic nitrogens is 3. The Morgan fingerprint density at radius 1 is 1.27 bits per heavy atom. The van der Waals surface area contributed by atoms with Crippen LogP contribution in [0.1, 0.15) is 17.0 Å². The van der Waals surface area contributed by atoms with Crippen molar-refractivity contribution in [1.29, 1.82) is 0 Å². The molecule has 4 nitrogen and oxygen atoms in total. The van der Waals surface area contributed by atoms with Gasteiger partial charge in [0.25, 0.3) is 0 Å². The fourth-order valence-electron chi connectivity index (χ4n) is 1.49. The molecule has 0 fully saturated rings. The monoisotopic (exact) mass is 202 g/mol. The van der Waals surface area contributed by atoms with Crippen LogP contribution in [-0.4, -0.2) is 14.8 Å². The van der Waals surface area contributed by atoms with Crippen LogP contribution in [0.2, 0.25) is 0 Å². The molecule has 4 heteroatoms. The molecule has 2 rings (SSSR count). The number of aryl methyl sites for hydroxylation is 2. The van der Waals surface area contributed by atoms with Gasteiger partial charge in [0.15, 0.2) is 5.82 Å². The van der Waals surface area contributed by atoms with E-state index in [1.165, 1.54) is 11.1 Å². The third-order valence-corrected chi connectivity index (χ3v) is 2.57. The normalized spacial score (nSPS) is 10.6. The maximum atomic E-state index is 5.58. The highest BCUT2D eigenvalue weighted by Gasteiger charge is 2.04. The molecule has 0 atom stereocenters. The zero-order valence-electron chi connectivity index (χ0n) is 8.94. The third-order valence-electron chi connectivity index (χ3n) is 2.57. The molecule has 0 aliphatic heterocycles. The molecule has 1 heterocycles. The van der Waals surface area contributed by atoms with Crippen LogP contribution in [0.15, 0.2) is 24.5 Å². The van der Waals surface area contributed by atoms with Gasteiger partial charge in [-0.25, -0.2) is 0 Å². The molecule has 0 spiro atoms. The van der Waals surface area contributed by atoms with E-state index in [1.54, 1.807) is 6.33 Å². The number of nitrogens with two attached hydrogens (primary N) is 1. The number of benzene rings is 1. The van der Waals surface area contributed by atoms with E-state index in [9.17, 15) is 0 Å². The van der Waals surface area contributed by atoms with Crippen LogP contribution in [0, 0.1) is 13.8 Å². The standard InChI is InChI=1S/C11H14N4/c1-8-3-4-10(5-9(8)2)15-7-13-14-11(15)6-12/h3-5,7H,6,12H2,1-2H3. The average molecular weight is 202 g/mol. The summed E-state index contributed by atoms with van der Waals surface area (Å²) >= 11 is 0. The minimum Gasteiger partial charge on any atom is -0.324 e. The summed E-state index contributed by atoms with van der Waals surface area (Å²) in [5.74, 6) is 0.776. The number of nitrogens with zero attached hydrogens (tertiary/aromatic N) is 3. The first-order chi connectivity index (χ1) is 7.22. The highest BCUT2D eigenvalue weighted by atomic mass is 15.3. The van der Waals surface area contributed by atoms with Gasteiger partial charge in [-0.15, -0.1) is 10.2 Å². The fourth-order valence-corrected chi connectivity index (χ4v) is 1.49. The molecule has 0 radical (unpaired) electrons. The number of hydrogen-bond donors (Lipinski definition) is 1. The Morgan fingerprint density at radius 2 is 2.07 bits per heavy atom. The molecule has 2 N–H and O–H groups in total. The second-order valence-electron chi connectivity index (χ2n) is 3.59. The van der Waals surface area contributed by atoms with Crippen LogP contribution in [0.5, 0.6) is 0 Å². The Bertz CT molecular complexity index is 473. The van der Waals surface area contributed by atoms with Gasteiger partial charge >= 0.3 is 0 Å². The van der Waals surface area contributed by atoms with Gasteiger partial charge in [0.2, 0.25) is 0 Å². The molecule has 15 heavy (non-hydrogen) atoms. The predicted molar refractivity (Wildman–Crippen MR) is 58.7 cm³/mol. The highest BCUT2D eigenvalue weighted by molar-refractivity contribution is 5.40. The molecule has 0 saturated carbocycles. The van der Waals surface area contributed by atoms with Crippen molar-refractivity contribution in [2.75, 3.05) is 0 Å². The van der Waals surface area contributed by atoms with Gasteiger partial charge in [0, 0.05) is 5.69 Å². The van der Waals surface area contributed by atoms with Gasteiger partial charge in [-0.1, -0.05) is 6.07 Å². The molecule has 1 aromatic carbocycles. The molecule has 1 aromatic heterocycles. The first-order valence-electron chi connectivity index (χ1n) is 4.89. The van der Waals surface area contributed by atoms with E-state index in [-0.39, 0.29) is 0 Å². The van der Waals surface area contributed by atoms with E-state index in [1.807, 2.05) is 10.6 Å². The van der Waals surface area contributed by atoms with Crippen molar-refractivity contribution in [3.63, 3.8) is 0 Å². The van der Waals surface area contributed by atoms with Crippen molar-refractivity contribution >= 4 is 0 Å². The molecule has 78 valence electrons. The lowest BCUT2D eigenvalue weighted by atomic mass is 10.1. The van der Waals surface area contributed by atoms with Gasteiger partial charge in [0.1, 0.15) is 6.33 Å². The van der Waals surface area contributed by atoms with Crippen LogP contribution in [0.3, 0.4) is 0 Å². The Morgan fingerprint density at radius 3 is 2.73 bits per heavy atom. The molecule has 0 aliphatic carbocycles. The smallest absolute Gasteiger partial charge is 0.151 e. The predicted octanol–water partition coefficient (Wildman–Crippen LogP) is 1.34. The van der Waals surface area contributed by atoms with Crippen LogP contribution in [-0.2, 0) is 6.54 Å². The summed E-state index contributed by atoms with van der Waals surface area (Å²) in [6, 6.07) is 6.24. The molecule has 0 amide bonds. The topological polar surface area (TPSA) is 56.7 Å². The average Bonchev–Trinajstić information content (AvgIpc) is 2.70. The molecule has 2 aromatic rings. The van der Waals surface area contributed by atoms with E-state index >= 15 is 0 Å². The lowest BCUT2D eigenvalue weighted by Gasteiger charge is -2.07. The van der Waals surface area contributed by atoms with Gasteiger partial charge in [-0.2, -0.15) is 0 Å². The first-order valence-corrected chi connectivity index (χ1v) is 4.89. The van der Waals surface area contributed by atoms with Gasteiger partial charge < -0.3 is 5.73 Å². The quantitative estimate of drug-likeness (QED) is 0.799. The molecule has 0 saturated heterocycles. The van der Waals surface area contributed by atoms with Crippen molar-refractivity contribution in [3.8, 4) is 5.69 Å². The second kappa shape index (κ2) is 3.82. The summed E-state index contributed by atoms with van der Waals surface area (Å²) in [5, 5.41) is 7.81. The van der Waals surface area contributed by atoms with E-state index in [2.05, 4.69) is 36.2 Å². The SMILES string of the molecule is Cc1ccc(-n2cnnc2CN)cc1C. The van der Waals surface area contributed by atoms with E-state index in [4.69, 9.17) is 5.73 Å². The number of rotatable bonds is 2. The van der Waals surface area contributed by atoms with E-state index < -0.39 is 0 Å². The summed E-state index contributed by atoms with van der Waals surface area (Å²) in [7, 11) is 0. The zero-order chi connectivity index (χ0) is 10.8.